The number of fused-ring (bicyclic) bond motifs is 1. The second-order valence-corrected chi connectivity index (χ2v) is 15.0. The normalized spacial score (nSPS) is 16.2. The fourth-order valence-electron chi connectivity index (χ4n) is 8.18. The van der Waals surface area contributed by atoms with E-state index < -0.39 is 0 Å². The summed E-state index contributed by atoms with van der Waals surface area (Å²) in [6.45, 7) is 19.3. The Morgan fingerprint density at radius 3 is 1.88 bits per heavy atom. The molecule has 1 unspecified atom stereocenters. The SMILES string of the molecule is Cc1cc(C)c(N(C(=O)c2ccc(-c3ccc4c(c3)CN(c3cc(N5CCN(C)CC5)nc(N)n3)C(C)C4)cn2)c2c(C)cc(C)cc2C)c(C)c1. The maximum Gasteiger partial charge on any atom is 0.281 e. The lowest BCUT2D eigenvalue weighted by Crippen LogP contribution is -2.45. The minimum Gasteiger partial charge on any atom is -0.368 e. The van der Waals surface area contributed by atoms with Gasteiger partial charge in [0, 0.05) is 56.6 Å². The molecule has 2 aliphatic heterocycles. The quantitative estimate of drug-likeness (QED) is 0.194. The summed E-state index contributed by atoms with van der Waals surface area (Å²) in [6, 6.07) is 21.4. The Kier molecular flexibility index (Phi) is 9.48. The minimum absolute atomic E-state index is 0.146. The molecular weight excluding hydrogens is 645 g/mol. The number of nitrogens with two attached hydrogens (primary N) is 1. The van der Waals surface area contributed by atoms with Crippen LogP contribution in [-0.2, 0) is 13.0 Å². The summed E-state index contributed by atoms with van der Waals surface area (Å²) in [5.74, 6) is 1.91. The molecule has 2 aromatic heterocycles. The molecule has 1 amide bonds. The van der Waals surface area contributed by atoms with E-state index in [-0.39, 0.29) is 11.9 Å². The van der Waals surface area contributed by atoms with Gasteiger partial charge in [-0.3, -0.25) is 14.7 Å². The fourth-order valence-corrected chi connectivity index (χ4v) is 8.18. The highest BCUT2D eigenvalue weighted by molar-refractivity contribution is 6.11. The van der Waals surface area contributed by atoms with E-state index in [4.69, 9.17) is 15.7 Å². The van der Waals surface area contributed by atoms with Gasteiger partial charge in [-0.15, -0.1) is 0 Å². The van der Waals surface area contributed by atoms with Crippen LogP contribution in [0.3, 0.4) is 0 Å². The van der Waals surface area contributed by atoms with Gasteiger partial charge in [-0.2, -0.15) is 9.97 Å². The predicted octanol–water partition coefficient (Wildman–Crippen LogP) is 7.65. The molecule has 0 radical (unpaired) electrons. The van der Waals surface area contributed by atoms with Crippen LogP contribution in [0, 0.1) is 41.5 Å². The number of pyridine rings is 1. The van der Waals surface area contributed by atoms with Crippen molar-refractivity contribution in [2.75, 3.05) is 53.7 Å². The lowest BCUT2D eigenvalue weighted by Gasteiger charge is -2.37. The van der Waals surface area contributed by atoms with Gasteiger partial charge in [0.1, 0.15) is 17.3 Å². The Bertz CT molecular complexity index is 2050. The molecular formula is C43H50N8O. The number of carbonyl (C=O) groups excluding carboxylic acids is 1. The van der Waals surface area contributed by atoms with Crippen molar-refractivity contribution in [3.05, 3.63) is 117 Å². The molecule has 2 N–H and O–H groups in total. The van der Waals surface area contributed by atoms with Gasteiger partial charge in [-0.1, -0.05) is 53.6 Å². The third-order valence-corrected chi connectivity index (χ3v) is 10.7. The molecule has 1 saturated heterocycles. The number of nitrogens with zero attached hydrogens (tertiary/aromatic N) is 7. The lowest BCUT2D eigenvalue weighted by atomic mass is 9.91. The first-order valence-corrected chi connectivity index (χ1v) is 18.3. The average molecular weight is 695 g/mol. The van der Waals surface area contributed by atoms with E-state index in [1.807, 2.05) is 23.2 Å². The van der Waals surface area contributed by atoms with Crippen LogP contribution in [0.4, 0.5) is 29.0 Å². The molecule has 52 heavy (non-hydrogen) atoms. The van der Waals surface area contributed by atoms with Crippen molar-refractivity contribution in [3.8, 4) is 11.1 Å². The van der Waals surface area contributed by atoms with Crippen molar-refractivity contribution in [1.82, 2.24) is 19.9 Å². The van der Waals surface area contributed by atoms with Gasteiger partial charge in [0.05, 0.1) is 11.4 Å². The number of piperazine rings is 1. The fraction of sp³-hybridized carbons (Fsp3) is 0.349. The minimum atomic E-state index is -0.146. The van der Waals surface area contributed by atoms with Gasteiger partial charge in [0.2, 0.25) is 5.95 Å². The van der Waals surface area contributed by atoms with Crippen molar-refractivity contribution in [3.63, 3.8) is 0 Å². The van der Waals surface area contributed by atoms with E-state index in [0.717, 1.165) is 89.0 Å². The number of likely N-dealkylation sites (N-methyl/N-ethyl adjacent to an activating group) is 1. The van der Waals surface area contributed by atoms with Gasteiger partial charge < -0.3 is 20.4 Å². The zero-order valence-corrected chi connectivity index (χ0v) is 31.8. The number of aromatic nitrogens is 3. The molecule has 5 aromatic rings. The molecule has 0 aliphatic carbocycles. The molecule has 9 nitrogen and oxygen atoms in total. The average Bonchev–Trinajstić information content (AvgIpc) is 3.09. The number of rotatable bonds is 6. The second kappa shape index (κ2) is 14.0. The van der Waals surface area contributed by atoms with Crippen LogP contribution in [0.25, 0.3) is 11.1 Å². The summed E-state index contributed by atoms with van der Waals surface area (Å²) in [7, 11) is 2.15. The smallest absolute Gasteiger partial charge is 0.281 e. The number of hydrogen-bond acceptors (Lipinski definition) is 8. The van der Waals surface area contributed by atoms with E-state index in [0.29, 0.717) is 18.2 Å². The topological polar surface area (TPSA) is 94.7 Å². The van der Waals surface area contributed by atoms with E-state index in [1.165, 1.54) is 22.3 Å². The Morgan fingerprint density at radius 1 is 0.731 bits per heavy atom. The molecule has 0 bridgehead atoms. The third kappa shape index (κ3) is 6.85. The molecule has 268 valence electrons. The molecule has 3 aromatic carbocycles. The van der Waals surface area contributed by atoms with Crippen LogP contribution in [0.1, 0.15) is 61.9 Å². The van der Waals surface area contributed by atoms with E-state index in [1.54, 1.807) is 0 Å². The monoisotopic (exact) mass is 694 g/mol. The number of carbonyl (C=O) groups is 1. The number of benzene rings is 3. The van der Waals surface area contributed by atoms with E-state index in [9.17, 15) is 4.79 Å². The van der Waals surface area contributed by atoms with Crippen molar-refractivity contribution >= 4 is 34.9 Å². The van der Waals surface area contributed by atoms with Crippen molar-refractivity contribution < 1.29 is 4.79 Å². The van der Waals surface area contributed by atoms with Crippen LogP contribution in [0.5, 0.6) is 0 Å². The van der Waals surface area contributed by atoms with Crippen LogP contribution < -0.4 is 20.4 Å². The molecule has 9 heteroatoms. The molecule has 1 atom stereocenters. The summed E-state index contributed by atoms with van der Waals surface area (Å²) in [5.41, 5.74) is 19.7. The van der Waals surface area contributed by atoms with Crippen LogP contribution in [-0.4, -0.2) is 65.0 Å². The summed E-state index contributed by atoms with van der Waals surface area (Å²) >= 11 is 0. The highest BCUT2D eigenvalue weighted by atomic mass is 16.2. The highest BCUT2D eigenvalue weighted by Crippen LogP contribution is 2.38. The molecule has 0 spiro atoms. The van der Waals surface area contributed by atoms with E-state index in [2.05, 4.69) is 124 Å². The zero-order valence-electron chi connectivity index (χ0n) is 31.8. The predicted molar refractivity (Wildman–Crippen MR) is 213 cm³/mol. The summed E-state index contributed by atoms with van der Waals surface area (Å²) < 4.78 is 0. The van der Waals surface area contributed by atoms with Crippen LogP contribution >= 0.6 is 0 Å². The molecule has 0 saturated carbocycles. The number of nitrogen functional groups attached to an aromatic ring is 1. The van der Waals surface area contributed by atoms with Crippen molar-refractivity contribution in [2.24, 2.45) is 0 Å². The molecule has 2 aliphatic rings. The van der Waals surface area contributed by atoms with Crippen molar-refractivity contribution in [2.45, 2.75) is 67.5 Å². The second-order valence-electron chi connectivity index (χ2n) is 15.0. The molecule has 1 fully saturated rings. The number of aryl methyl sites for hydroxylation is 6. The highest BCUT2D eigenvalue weighted by Gasteiger charge is 2.29. The summed E-state index contributed by atoms with van der Waals surface area (Å²) in [4.78, 5) is 37.5. The van der Waals surface area contributed by atoms with Gasteiger partial charge in [-0.05, 0) is 113 Å². The summed E-state index contributed by atoms with van der Waals surface area (Å²) in [6.07, 6.45) is 2.73. The Labute approximate surface area is 308 Å². The lowest BCUT2D eigenvalue weighted by molar-refractivity contribution is 0.0994. The number of anilines is 5. The largest absolute Gasteiger partial charge is 0.368 e. The Hall–Kier alpha value is -5.28. The van der Waals surface area contributed by atoms with Gasteiger partial charge in [0.25, 0.3) is 5.91 Å². The van der Waals surface area contributed by atoms with Gasteiger partial charge in [0.15, 0.2) is 0 Å². The van der Waals surface area contributed by atoms with Crippen LogP contribution in [0.15, 0.2) is 66.9 Å². The first kappa shape index (κ1) is 35.1. The zero-order chi connectivity index (χ0) is 36.8. The maximum absolute atomic E-state index is 14.6. The van der Waals surface area contributed by atoms with E-state index >= 15 is 0 Å². The molecule has 4 heterocycles. The van der Waals surface area contributed by atoms with Gasteiger partial charge in [-0.25, -0.2) is 0 Å². The standard InChI is InChI=1S/C43H50N8O/c1-26-17-28(3)40(29(4)18-26)51(41-30(5)19-27(2)20-31(41)6)42(52)37-12-11-35(24-45-37)34-10-9-33-21-32(7)50(25-36(33)22-34)39-23-38(46-43(44)47-39)49-15-13-48(8)14-16-49/h9-12,17-20,22-24,32H,13-16,21,25H2,1-8H3,(H2,44,46,47). The first-order valence-electron chi connectivity index (χ1n) is 18.3. The first-order chi connectivity index (χ1) is 24.9. The number of hydrogen-bond donors (Lipinski definition) is 1. The third-order valence-electron chi connectivity index (χ3n) is 10.7. The Morgan fingerprint density at radius 2 is 1.31 bits per heavy atom. The maximum atomic E-state index is 14.6. The number of amides is 1. The van der Waals surface area contributed by atoms with Crippen molar-refractivity contribution in [1.29, 1.82) is 0 Å². The molecule has 7 rings (SSSR count). The van der Waals surface area contributed by atoms with Gasteiger partial charge >= 0.3 is 0 Å². The van der Waals surface area contributed by atoms with Crippen LogP contribution in [0.2, 0.25) is 0 Å². The Balaban J connectivity index is 1.18. The summed E-state index contributed by atoms with van der Waals surface area (Å²) in [5, 5.41) is 0.